The van der Waals surface area contributed by atoms with Crippen molar-refractivity contribution in [2.75, 3.05) is 5.32 Å². The van der Waals surface area contributed by atoms with Gasteiger partial charge in [-0.25, -0.2) is 0 Å². The fourth-order valence-corrected chi connectivity index (χ4v) is 2.46. The summed E-state index contributed by atoms with van der Waals surface area (Å²) in [6.45, 7) is 3.94. The molecule has 0 fully saturated rings. The van der Waals surface area contributed by atoms with Crippen molar-refractivity contribution in [2.45, 2.75) is 20.5 Å². The highest BCUT2D eigenvalue weighted by Crippen LogP contribution is 2.20. The van der Waals surface area contributed by atoms with Crippen LogP contribution in [0, 0.1) is 24.0 Å². The van der Waals surface area contributed by atoms with Crippen molar-refractivity contribution in [3.05, 3.63) is 81.2 Å². The molecule has 1 amide bonds. The third-order valence-electron chi connectivity index (χ3n) is 4.00. The summed E-state index contributed by atoms with van der Waals surface area (Å²) in [7, 11) is 0. The number of nitrogens with zero attached hydrogens (tertiary/aromatic N) is 2. The van der Waals surface area contributed by atoms with Crippen LogP contribution >= 0.6 is 0 Å². The SMILES string of the molecule is Cc1noc(C)c1COc1cccc(C(=O)Nc2ccc([N+](=O)[O-])cc2)c1. The number of aromatic nitrogens is 1. The molecule has 8 nitrogen and oxygen atoms in total. The molecule has 0 aliphatic heterocycles. The lowest BCUT2D eigenvalue weighted by molar-refractivity contribution is -0.384. The van der Waals surface area contributed by atoms with Crippen molar-refractivity contribution >= 4 is 17.3 Å². The van der Waals surface area contributed by atoms with Gasteiger partial charge >= 0.3 is 0 Å². The lowest BCUT2D eigenvalue weighted by atomic mass is 10.2. The maximum Gasteiger partial charge on any atom is 0.269 e. The van der Waals surface area contributed by atoms with Gasteiger partial charge in [0.05, 0.1) is 16.2 Å². The van der Waals surface area contributed by atoms with Crippen molar-refractivity contribution in [1.29, 1.82) is 0 Å². The van der Waals surface area contributed by atoms with Crippen molar-refractivity contribution in [3.63, 3.8) is 0 Å². The summed E-state index contributed by atoms with van der Waals surface area (Å²) in [6, 6.07) is 12.4. The molecular weight excluding hydrogens is 350 g/mol. The number of nitro benzene ring substituents is 1. The van der Waals surface area contributed by atoms with Crippen LogP contribution in [-0.2, 0) is 6.61 Å². The average molecular weight is 367 g/mol. The summed E-state index contributed by atoms with van der Waals surface area (Å²) in [5.41, 5.74) is 2.47. The van der Waals surface area contributed by atoms with E-state index in [-0.39, 0.29) is 18.2 Å². The van der Waals surface area contributed by atoms with Gasteiger partial charge in [-0.3, -0.25) is 14.9 Å². The molecule has 0 atom stereocenters. The summed E-state index contributed by atoms with van der Waals surface area (Å²) in [6.07, 6.45) is 0. The summed E-state index contributed by atoms with van der Waals surface area (Å²) >= 11 is 0. The first-order valence-electron chi connectivity index (χ1n) is 8.14. The quantitative estimate of drug-likeness (QED) is 0.520. The van der Waals surface area contributed by atoms with Crippen LogP contribution in [0.3, 0.4) is 0 Å². The van der Waals surface area contributed by atoms with Crippen LogP contribution in [0.4, 0.5) is 11.4 Å². The first-order chi connectivity index (χ1) is 12.9. The molecule has 1 N–H and O–H groups in total. The number of amides is 1. The molecule has 0 radical (unpaired) electrons. The second-order valence-electron chi connectivity index (χ2n) is 5.88. The van der Waals surface area contributed by atoms with E-state index in [1.54, 1.807) is 24.3 Å². The number of hydrogen-bond acceptors (Lipinski definition) is 6. The monoisotopic (exact) mass is 367 g/mol. The zero-order valence-corrected chi connectivity index (χ0v) is 14.8. The molecule has 0 saturated heterocycles. The molecule has 3 rings (SSSR count). The predicted molar refractivity (Wildman–Crippen MR) is 97.8 cm³/mol. The van der Waals surface area contributed by atoms with E-state index in [1.165, 1.54) is 24.3 Å². The highest BCUT2D eigenvalue weighted by atomic mass is 16.6. The Morgan fingerprint density at radius 3 is 2.59 bits per heavy atom. The molecule has 3 aromatic rings. The van der Waals surface area contributed by atoms with Crippen LogP contribution in [0.5, 0.6) is 5.75 Å². The molecule has 0 aliphatic rings. The molecule has 138 valence electrons. The number of non-ortho nitro benzene ring substituents is 1. The van der Waals surface area contributed by atoms with Gasteiger partial charge in [0.2, 0.25) is 0 Å². The molecule has 2 aromatic carbocycles. The lowest BCUT2D eigenvalue weighted by Crippen LogP contribution is -2.12. The van der Waals surface area contributed by atoms with Gasteiger partial charge in [0.15, 0.2) is 0 Å². The Labute approximate surface area is 154 Å². The van der Waals surface area contributed by atoms with Crippen molar-refractivity contribution in [1.82, 2.24) is 5.16 Å². The number of ether oxygens (including phenoxy) is 1. The summed E-state index contributed by atoms with van der Waals surface area (Å²) < 4.78 is 10.8. The van der Waals surface area contributed by atoms with Crippen LogP contribution in [0.15, 0.2) is 53.1 Å². The molecular formula is C19H17N3O5. The van der Waals surface area contributed by atoms with E-state index in [9.17, 15) is 14.9 Å². The Balaban J connectivity index is 1.67. The third-order valence-corrected chi connectivity index (χ3v) is 4.00. The molecule has 0 bridgehead atoms. The largest absolute Gasteiger partial charge is 0.489 e. The number of anilines is 1. The first kappa shape index (κ1) is 18.1. The number of hydrogen-bond donors (Lipinski definition) is 1. The Morgan fingerprint density at radius 1 is 1.22 bits per heavy atom. The van der Waals surface area contributed by atoms with Crippen LogP contribution in [0.1, 0.15) is 27.4 Å². The molecule has 0 aliphatic carbocycles. The zero-order valence-electron chi connectivity index (χ0n) is 14.8. The lowest BCUT2D eigenvalue weighted by Gasteiger charge is -2.09. The number of carbonyl (C=O) groups is 1. The Hall–Kier alpha value is -3.68. The number of aryl methyl sites for hydroxylation is 2. The zero-order chi connectivity index (χ0) is 19.4. The van der Waals surface area contributed by atoms with E-state index in [0.717, 1.165) is 11.3 Å². The molecule has 0 saturated carbocycles. The second kappa shape index (κ2) is 7.69. The van der Waals surface area contributed by atoms with Crippen LogP contribution in [0.2, 0.25) is 0 Å². The van der Waals surface area contributed by atoms with E-state index in [4.69, 9.17) is 9.26 Å². The number of nitro groups is 1. The molecule has 0 spiro atoms. The Morgan fingerprint density at radius 2 is 1.96 bits per heavy atom. The van der Waals surface area contributed by atoms with Crippen LogP contribution in [0.25, 0.3) is 0 Å². The van der Waals surface area contributed by atoms with E-state index in [2.05, 4.69) is 10.5 Å². The summed E-state index contributed by atoms with van der Waals surface area (Å²) in [4.78, 5) is 22.6. The second-order valence-corrected chi connectivity index (χ2v) is 5.88. The average Bonchev–Trinajstić information content (AvgIpc) is 2.98. The predicted octanol–water partition coefficient (Wildman–Crippen LogP) is 4.03. The van der Waals surface area contributed by atoms with Gasteiger partial charge in [0.1, 0.15) is 18.1 Å². The molecule has 0 unspecified atom stereocenters. The Bertz CT molecular complexity index is 960. The van der Waals surface area contributed by atoms with E-state index in [0.29, 0.717) is 22.8 Å². The van der Waals surface area contributed by atoms with Gasteiger partial charge in [0, 0.05) is 23.4 Å². The van der Waals surface area contributed by atoms with E-state index in [1.807, 2.05) is 13.8 Å². The van der Waals surface area contributed by atoms with Crippen molar-refractivity contribution < 1.29 is 19.0 Å². The van der Waals surface area contributed by atoms with Gasteiger partial charge in [-0.1, -0.05) is 11.2 Å². The number of nitrogens with one attached hydrogen (secondary N) is 1. The minimum Gasteiger partial charge on any atom is -0.489 e. The fourth-order valence-electron chi connectivity index (χ4n) is 2.46. The van der Waals surface area contributed by atoms with Gasteiger partial charge < -0.3 is 14.6 Å². The number of benzene rings is 2. The highest BCUT2D eigenvalue weighted by Gasteiger charge is 2.12. The van der Waals surface area contributed by atoms with Gasteiger partial charge in [0.25, 0.3) is 11.6 Å². The summed E-state index contributed by atoms with van der Waals surface area (Å²) in [5, 5.41) is 17.3. The van der Waals surface area contributed by atoms with Crippen molar-refractivity contribution in [3.8, 4) is 5.75 Å². The van der Waals surface area contributed by atoms with Crippen molar-refractivity contribution in [2.24, 2.45) is 0 Å². The number of rotatable bonds is 6. The van der Waals surface area contributed by atoms with Gasteiger partial charge in [-0.15, -0.1) is 0 Å². The molecule has 1 heterocycles. The molecule has 1 aromatic heterocycles. The minimum atomic E-state index is -0.495. The van der Waals surface area contributed by atoms with E-state index < -0.39 is 4.92 Å². The normalized spacial score (nSPS) is 10.4. The summed E-state index contributed by atoms with van der Waals surface area (Å²) in [5.74, 6) is 0.887. The van der Waals surface area contributed by atoms with Crippen LogP contribution < -0.4 is 10.1 Å². The third kappa shape index (κ3) is 4.30. The maximum atomic E-state index is 12.4. The van der Waals surface area contributed by atoms with Crippen LogP contribution in [-0.4, -0.2) is 16.0 Å². The fraction of sp³-hybridized carbons (Fsp3) is 0.158. The Kier molecular flexibility index (Phi) is 5.16. The minimum absolute atomic E-state index is 0.0391. The van der Waals surface area contributed by atoms with Gasteiger partial charge in [-0.2, -0.15) is 0 Å². The maximum absolute atomic E-state index is 12.4. The molecule has 27 heavy (non-hydrogen) atoms. The first-order valence-corrected chi connectivity index (χ1v) is 8.14. The van der Waals surface area contributed by atoms with Gasteiger partial charge in [-0.05, 0) is 44.2 Å². The standard InChI is InChI=1S/C19H17N3O5/c1-12-18(13(2)27-21-12)11-26-17-5-3-4-14(10-17)19(23)20-15-6-8-16(9-7-15)22(24)25/h3-10H,11H2,1-2H3,(H,20,23). The molecule has 8 heteroatoms. The van der Waals surface area contributed by atoms with E-state index >= 15 is 0 Å². The number of carbonyl (C=O) groups excluding carboxylic acids is 1. The topological polar surface area (TPSA) is 108 Å². The smallest absolute Gasteiger partial charge is 0.269 e. The highest BCUT2D eigenvalue weighted by molar-refractivity contribution is 6.04.